The summed E-state index contributed by atoms with van der Waals surface area (Å²) in [5, 5.41) is 0. The summed E-state index contributed by atoms with van der Waals surface area (Å²) in [6.45, 7) is 0. The second kappa shape index (κ2) is 5.48. The van der Waals surface area contributed by atoms with Gasteiger partial charge in [-0.05, 0) is 46.9 Å². The Morgan fingerprint density at radius 2 is 1.75 bits per heavy atom. The van der Waals surface area contributed by atoms with Crippen molar-refractivity contribution in [2.75, 3.05) is 7.11 Å². The molecule has 0 unspecified atom stereocenters. The molecule has 0 heterocycles. The number of para-hydroxylation sites is 2. The van der Waals surface area contributed by atoms with Crippen LogP contribution in [0, 0.1) is 0 Å². The van der Waals surface area contributed by atoms with Crippen molar-refractivity contribution >= 4 is 41.0 Å². The molecular formula is C9H7Cl3O4. The molecule has 0 saturated carbocycles. The lowest BCUT2D eigenvalue weighted by atomic mass is 10.3. The monoisotopic (exact) mass is 284 g/mol. The highest BCUT2D eigenvalue weighted by Gasteiger charge is 2.27. The minimum absolute atomic E-state index is 0.171. The first kappa shape index (κ1) is 13.2. The highest BCUT2D eigenvalue weighted by molar-refractivity contribution is 6.66. The molecule has 0 aromatic heterocycles. The molecule has 0 fully saturated rings. The van der Waals surface area contributed by atoms with Gasteiger partial charge in [-0.2, -0.15) is 0 Å². The third-order valence-corrected chi connectivity index (χ3v) is 1.69. The molecule has 0 bridgehead atoms. The van der Waals surface area contributed by atoms with Gasteiger partial charge in [0.2, 0.25) is 0 Å². The normalized spacial score (nSPS) is 10.8. The molecule has 0 atom stereocenters. The first-order valence-electron chi connectivity index (χ1n) is 4.03. The van der Waals surface area contributed by atoms with Crippen LogP contribution in [-0.2, 0) is 4.74 Å². The molecule has 0 aliphatic carbocycles. The Hall–Kier alpha value is -0.840. The van der Waals surface area contributed by atoms with E-state index in [4.69, 9.17) is 44.3 Å². The Bertz CT molecular complexity index is 375. The molecule has 0 aliphatic heterocycles. The van der Waals surface area contributed by atoms with Crippen molar-refractivity contribution in [3.8, 4) is 11.5 Å². The van der Waals surface area contributed by atoms with E-state index in [1.165, 1.54) is 13.2 Å². The van der Waals surface area contributed by atoms with Crippen molar-refractivity contribution in [1.82, 2.24) is 0 Å². The van der Waals surface area contributed by atoms with Crippen LogP contribution in [0.25, 0.3) is 0 Å². The number of carbonyl (C=O) groups excluding carboxylic acids is 1. The smallest absolute Gasteiger partial charge is 0.493 e. The number of alkyl halides is 3. The van der Waals surface area contributed by atoms with E-state index in [2.05, 4.69) is 4.74 Å². The first-order chi connectivity index (χ1) is 7.42. The standard InChI is InChI=1S/C9H7Cl3O4/c1-14-6-4-2-3-5-7(6)15-8(13)16-9(10,11)12/h2-5H,1H3. The zero-order valence-electron chi connectivity index (χ0n) is 8.08. The number of hydrogen-bond donors (Lipinski definition) is 0. The lowest BCUT2D eigenvalue weighted by Crippen LogP contribution is -2.19. The van der Waals surface area contributed by atoms with Gasteiger partial charge in [-0.3, -0.25) is 0 Å². The third-order valence-electron chi connectivity index (χ3n) is 1.46. The van der Waals surface area contributed by atoms with Crippen LogP contribution in [-0.4, -0.2) is 17.2 Å². The number of halogens is 3. The average molecular weight is 286 g/mol. The Morgan fingerprint density at radius 1 is 1.19 bits per heavy atom. The Morgan fingerprint density at radius 3 is 2.25 bits per heavy atom. The van der Waals surface area contributed by atoms with E-state index in [0.29, 0.717) is 5.75 Å². The molecule has 1 rings (SSSR count). The Balaban J connectivity index is 2.70. The number of methoxy groups -OCH3 is 1. The fourth-order valence-electron chi connectivity index (χ4n) is 0.908. The van der Waals surface area contributed by atoms with Crippen LogP contribution in [0.3, 0.4) is 0 Å². The Kier molecular flexibility index (Phi) is 4.53. The van der Waals surface area contributed by atoms with Gasteiger partial charge < -0.3 is 14.2 Å². The molecule has 0 aliphatic rings. The van der Waals surface area contributed by atoms with E-state index >= 15 is 0 Å². The summed E-state index contributed by atoms with van der Waals surface area (Å²) >= 11 is 15.7. The van der Waals surface area contributed by atoms with Crippen LogP contribution in [0.4, 0.5) is 4.79 Å². The summed E-state index contributed by atoms with van der Waals surface area (Å²) in [5.41, 5.74) is 0. The lowest BCUT2D eigenvalue weighted by molar-refractivity contribution is 0.0957. The van der Waals surface area contributed by atoms with Crippen LogP contribution in [0.15, 0.2) is 24.3 Å². The molecule has 7 heteroatoms. The van der Waals surface area contributed by atoms with Crippen molar-refractivity contribution in [1.29, 1.82) is 0 Å². The lowest BCUT2D eigenvalue weighted by Gasteiger charge is -2.12. The highest BCUT2D eigenvalue weighted by atomic mass is 35.6. The van der Waals surface area contributed by atoms with Gasteiger partial charge in [0, 0.05) is 0 Å². The summed E-state index contributed by atoms with van der Waals surface area (Å²) in [7, 11) is 1.43. The van der Waals surface area contributed by atoms with Crippen LogP contribution < -0.4 is 9.47 Å². The quantitative estimate of drug-likeness (QED) is 0.474. The summed E-state index contributed by atoms with van der Waals surface area (Å²) < 4.78 is 11.9. The van der Waals surface area contributed by atoms with Gasteiger partial charge in [0.05, 0.1) is 7.11 Å². The molecular weight excluding hydrogens is 278 g/mol. The number of carbonyl (C=O) groups is 1. The second-order valence-electron chi connectivity index (χ2n) is 2.55. The fourth-order valence-corrected chi connectivity index (χ4v) is 1.10. The molecule has 0 saturated heterocycles. The maximum Gasteiger partial charge on any atom is 0.517 e. The highest BCUT2D eigenvalue weighted by Crippen LogP contribution is 2.30. The van der Waals surface area contributed by atoms with Crippen LogP contribution in [0.1, 0.15) is 0 Å². The molecule has 88 valence electrons. The molecule has 1 aromatic carbocycles. The van der Waals surface area contributed by atoms with Crippen LogP contribution >= 0.6 is 34.8 Å². The molecule has 4 nitrogen and oxygen atoms in total. The van der Waals surface area contributed by atoms with Gasteiger partial charge in [-0.1, -0.05) is 12.1 Å². The zero-order valence-corrected chi connectivity index (χ0v) is 10.3. The number of hydrogen-bond acceptors (Lipinski definition) is 4. The zero-order chi connectivity index (χ0) is 12.2. The van der Waals surface area contributed by atoms with Crippen molar-refractivity contribution in [2.45, 2.75) is 3.98 Å². The van der Waals surface area contributed by atoms with E-state index in [0.717, 1.165) is 0 Å². The maximum absolute atomic E-state index is 11.1. The van der Waals surface area contributed by atoms with Crippen molar-refractivity contribution < 1.29 is 19.0 Å². The van der Waals surface area contributed by atoms with Gasteiger partial charge >= 0.3 is 10.1 Å². The Labute approximate surface area is 107 Å². The number of benzene rings is 1. The van der Waals surface area contributed by atoms with Gasteiger partial charge in [-0.15, -0.1) is 0 Å². The molecule has 0 amide bonds. The van der Waals surface area contributed by atoms with Crippen LogP contribution in [0.2, 0.25) is 0 Å². The minimum atomic E-state index is -2.15. The molecule has 1 aromatic rings. The van der Waals surface area contributed by atoms with Crippen LogP contribution in [0.5, 0.6) is 11.5 Å². The molecule has 0 spiro atoms. The molecule has 0 N–H and O–H groups in total. The third kappa shape index (κ3) is 4.35. The summed E-state index contributed by atoms with van der Waals surface area (Å²) in [4.78, 5) is 11.1. The van der Waals surface area contributed by atoms with E-state index < -0.39 is 10.1 Å². The first-order valence-corrected chi connectivity index (χ1v) is 5.16. The SMILES string of the molecule is COc1ccccc1OC(=O)OC(Cl)(Cl)Cl. The maximum atomic E-state index is 11.1. The van der Waals surface area contributed by atoms with E-state index in [1.807, 2.05) is 0 Å². The number of ether oxygens (including phenoxy) is 3. The minimum Gasteiger partial charge on any atom is -0.493 e. The van der Waals surface area contributed by atoms with E-state index in [1.54, 1.807) is 18.2 Å². The molecule has 16 heavy (non-hydrogen) atoms. The predicted octanol–water partition coefficient (Wildman–Crippen LogP) is 3.54. The van der Waals surface area contributed by atoms with E-state index in [-0.39, 0.29) is 5.75 Å². The fraction of sp³-hybridized carbons (Fsp3) is 0.222. The summed E-state index contributed by atoms with van der Waals surface area (Å²) in [6.07, 6.45) is -1.13. The average Bonchev–Trinajstić information content (AvgIpc) is 2.15. The topological polar surface area (TPSA) is 44.8 Å². The van der Waals surface area contributed by atoms with Crippen molar-refractivity contribution in [3.63, 3.8) is 0 Å². The largest absolute Gasteiger partial charge is 0.517 e. The van der Waals surface area contributed by atoms with Gasteiger partial charge in [0.1, 0.15) is 0 Å². The second-order valence-corrected chi connectivity index (χ2v) is 4.73. The van der Waals surface area contributed by atoms with Gasteiger partial charge in [0.15, 0.2) is 11.5 Å². The van der Waals surface area contributed by atoms with Crippen molar-refractivity contribution in [3.05, 3.63) is 24.3 Å². The van der Waals surface area contributed by atoms with Gasteiger partial charge in [0.25, 0.3) is 0 Å². The summed E-state index contributed by atoms with van der Waals surface area (Å²) in [5.74, 6) is 0.535. The van der Waals surface area contributed by atoms with E-state index in [9.17, 15) is 4.79 Å². The summed E-state index contributed by atoms with van der Waals surface area (Å²) in [6, 6.07) is 6.49. The number of rotatable bonds is 2. The molecule has 0 radical (unpaired) electrons. The predicted molar refractivity (Wildman–Crippen MR) is 60.4 cm³/mol. The van der Waals surface area contributed by atoms with Gasteiger partial charge in [-0.25, -0.2) is 4.79 Å². The van der Waals surface area contributed by atoms with Crippen molar-refractivity contribution in [2.24, 2.45) is 0 Å².